The van der Waals surface area contributed by atoms with E-state index in [0.29, 0.717) is 10.6 Å². The number of nitrogens with zero attached hydrogens (tertiary/aromatic N) is 1. The summed E-state index contributed by atoms with van der Waals surface area (Å²) in [5.74, 6) is 0.236. The van der Waals surface area contributed by atoms with E-state index in [4.69, 9.17) is 23.2 Å². The van der Waals surface area contributed by atoms with Gasteiger partial charge < -0.3 is 0 Å². The van der Waals surface area contributed by atoms with Gasteiger partial charge in [-0.05, 0) is 44.0 Å². The van der Waals surface area contributed by atoms with Gasteiger partial charge in [-0.15, -0.1) is 11.6 Å². The van der Waals surface area contributed by atoms with Crippen molar-refractivity contribution in [3.8, 4) is 0 Å². The lowest BCUT2D eigenvalue weighted by Crippen LogP contribution is -2.33. The molecule has 0 spiro atoms. The summed E-state index contributed by atoms with van der Waals surface area (Å²) in [6.45, 7) is 5.38. The highest BCUT2D eigenvalue weighted by atomic mass is 35.5. The number of hydrogen-bond acceptors (Lipinski definition) is 2. The average molecular weight is 310 g/mol. The lowest BCUT2D eigenvalue weighted by Gasteiger charge is -2.22. The summed E-state index contributed by atoms with van der Waals surface area (Å²) in [5, 5.41) is 0.381. The first-order valence-corrected chi connectivity index (χ1v) is 7.90. The minimum absolute atomic E-state index is 0.118. The van der Waals surface area contributed by atoms with Crippen LogP contribution in [0.3, 0.4) is 0 Å². The van der Waals surface area contributed by atoms with Gasteiger partial charge >= 0.3 is 0 Å². The Morgan fingerprint density at radius 1 is 1.33 bits per heavy atom. The molecule has 1 aromatic rings. The molecular formula is C12H17Cl2NO2S. The summed E-state index contributed by atoms with van der Waals surface area (Å²) >= 11 is 11.8. The second-order valence-corrected chi connectivity index (χ2v) is 7.11. The first-order valence-electron chi connectivity index (χ1n) is 5.54. The third-order valence-electron chi connectivity index (χ3n) is 2.96. The number of hydrogen-bond donors (Lipinski definition) is 0. The van der Waals surface area contributed by atoms with E-state index >= 15 is 0 Å². The van der Waals surface area contributed by atoms with E-state index in [0.717, 1.165) is 5.56 Å². The quantitative estimate of drug-likeness (QED) is 0.799. The van der Waals surface area contributed by atoms with Gasteiger partial charge in [-0.1, -0.05) is 11.6 Å². The van der Waals surface area contributed by atoms with Crippen LogP contribution in [-0.2, 0) is 15.9 Å². The molecule has 0 saturated heterocycles. The van der Waals surface area contributed by atoms with Gasteiger partial charge in [0.25, 0.3) is 0 Å². The van der Waals surface area contributed by atoms with Gasteiger partial charge in [0.05, 0.1) is 4.90 Å². The van der Waals surface area contributed by atoms with Gasteiger partial charge in [-0.3, -0.25) is 0 Å². The second-order valence-electron chi connectivity index (χ2n) is 4.44. The van der Waals surface area contributed by atoms with Crippen molar-refractivity contribution in [2.24, 2.45) is 0 Å². The van der Waals surface area contributed by atoms with Crippen LogP contribution in [0.2, 0.25) is 5.02 Å². The van der Waals surface area contributed by atoms with E-state index in [1.165, 1.54) is 10.4 Å². The number of sulfonamides is 1. The van der Waals surface area contributed by atoms with Crippen LogP contribution >= 0.6 is 23.2 Å². The lowest BCUT2D eigenvalue weighted by atomic mass is 10.1. The van der Waals surface area contributed by atoms with Gasteiger partial charge in [0.15, 0.2) is 0 Å². The molecule has 0 aromatic heterocycles. The number of benzene rings is 1. The predicted molar refractivity (Wildman–Crippen MR) is 75.8 cm³/mol. The summed E-state index contributed by atoms with van der Waals surface area (Å²) in [4.78, 5) is 0.224. The summed E-state index contributed by atoms with van der Waals surface area (Å²) in [7, 11) is -1.98. The molecule has 0 radical (unpaired) electrons. The fourth-order valence-electron chi connectivity index (χ4n) is 1.55. The maximum atomic E-state index is 12.4. The first-order chi connectivity index (χ1) is 8.21. The molecule has 0 amide bonds. The van der Waals surface area contributed by atoms with Crippen molar-refractivity contribution in [1.82, 2.24) is 4.31 Å². The average Bonchev–Trinajstić information content (AvgIpc) is 2.30. The van der Waals surface area contributed by atoms with E-state index in [9.17, 15) is 8.42 Å². The van der Waals surface area contributed by atoms with Gasteiger partial charge in [0, 0.05) is 24.0 Å². The zero-order valence-electron chi connectivity index (χ0n) is 10.9. The van der Waals surface area contributed by atoms with Crippen LogP contribution < -0.4 is 0 Å². The summed E-state index contributed by atoms with van der Waals surface area (Å²) < 4.78 is 26.2. The molecule has 0 N–H and O–H groups in total. The van der Waals surface area contributed by atoms with E-state index in [-0.39, 0.29) is 16.8 Å². The number of alkyl halides is 1. The van der Waals surface area contributed by atoms with Crippen LogP contribution in [0.4, 0.5) is 0 Å². The molecule has 0 atom stereocenters. The Kier molecular flexibility index (Phi) is 5.06. The van der Waals surface area contributed by atoms with Crippen LogP contribution in [0.5, 0.6) is 0 Å². The third kappa shape index (κ3) is 2.99. The summed E-state index contributed by atoms with van der Waals surface area (Å²) in [6.07, 6.45) is 0. The van der Waals surface area contributed by atoms with Crippen molar-refractivity contribution in [1.29, 1.82) is 0 Å². The van der Waals surface area contributed by atoms with Crippen molar-refractivity contribution >= 4 is 33.2 Å². The van der Waals surface area contributed by atoms with Crippen molar-refractivity contribution in [2.45, 2.75) is 37.6 Å². The Bertz CT molecular complexity index is 541. The molecule has 0 heterocycles. The SMILES string of the molecule is Cc1c(CCl)cc(Cl)cc1S(=O)(=O)N(C)C(C)C. The Balaban J connectivity index is 3.46. The smallest absolute Gasteiger partial charge is 0.207 e. The highest BCUT2D eigenvalue weighted by Gasteiger charge is 2.26. The number of halogens is 2. The largest absolute Gasteiger partial charge is 0.243 e. The molecular weight excluding hydrogens is 293 g/mol. The monoisotopic (exact) mass is 309 g/mol. The normalized spacial score (nSPS) is 12.4. The maximum Gasteiger partial charge on any atom is 0.243 e. The fraction of sp³-hybridized carbons (Fsp3) is 0.500. The highest BCUT2D eigenvalue weighted by Crippen LogP contribution is 2.28. The molecule has 0 unspecified atom stereocenters. The molecule has 0 aliphatic heterocycles. The molecule has 3 nitrogen and oxygen atoms in total. The second kappa shape index (κ2) is 5.78. The molecule has 0 aliphatic rings. The highest BCUT2D eigenvalue weighted by molar-refractivity contribution is 7.89. The first kappa shape index (κ1) is 15.8. The van der Waals surface area contributed by atoms with Crippen molar-refractivity contribution < 1.29 is 8.42 Å². The zero-order chi connectivity index (χ0) is 14.1. The maximum absolute atomic E-state index is 12.4. The van der Waals surface area contributed by atoms with E-state index in [2.05, 4.69) is 0 Å². The minimum atomic E-state index is -3.53. The van der Waals surface area contributed by atoms with Crippen LogP contribution in [0, 0.1) is 6.92 Å². The topological polar surface area (TPSA) is 37.4 Å². The molecule has 0 fully saturated rings. The Morgan fingerprint density at radius 3 is 2.33 bits per heavy atom. The van der Waals surface area contributed by atoms with E-state index in [1.54, 1.807) is 20.0 Å². The Labute approximate surface area is 119 Å². The predicted octanol–water partition coefficient (Wildman–Crippen LogP) is 3.42. The lowest BCUT2D eigenvalue weighted by molar-refractivity contribution is 0.410. The van der Waals surface area contributed by atoms with Gasteiger partial charge in [-0.25, -0.2) is 8.42 Å². The standard InChI is InChI=1S/C12H17Cl2NO2S/c1-8(2)15(4)18(16,17)12-6-11(14)5-10(7-13)9(12)3/h5-6,8H,7H2,1-4H3. The number of rotatable bonds is 4. The minimum Gasteiger partial charge on any atom is -0.207 e. The van der Waals surface area contributed by atoms with Crippen molar-refractivity contribution in [2.75, 3.05) is 7.05 Å². The van der Waals surface area contributed by atoms with Gasteiger partial charge in [0.1, 0.15) is 0 Å². The molecule has 0 aliphatic carbocycles. The van der Waals surface area contributed by atoms with Crippen molar-refractivity contribution in [3.05, 3.63) is 28.3 Å². The molecule has 1 rings (SSSR count). The van der Waals surface area contributed by atoms with Crippen molar-refractivity contribution in [3.63, 3.8) is 0 Å². The third-order valence-corrected chi connectivity index (χ3v) is 5.63. The molecule has 0 bridgehead atoms. The molecule has 6 heteroatoms. The molecule has 102 valence electrons. The van der Waals surface area contributed by atoms with Gasteiger partial charge in [0.2, 0.25) is 10.0 Å². The zero-order valence-corrected chi connectivity index (χ0v) is 13.2. The van der Waals surface area contributed by atoms with Crippen LogP contribution in [-0.4, -0.2) is 25.8 Å². The molecule has 18 heavy (non-hydrogen) atoms. The Morgan fingerprint density at radius 2 is 1.89 bits per heavy atom. The van der Waals surface area contributed by atoms with Crippen LogP contribution in [0.1, 0.15) is 25.0 Å². The molecule has 1 aromatic carbocycles. The van der Waals surface area contributed by atoms with Gasteiger partial charge in [-0.2, -0.15) is 4.31 Å². The van der Waals surface area contributed by atoms with E-state index < -0.39 is 10.0 Å². The fourth-order valence-corrected chi connectivity index (χ4v) is 3.79. The van der Waals surface area contributed by atoms with Crippen LogP contribution in [0.25, 0.3) is 0 Å². The molecule has 0 saturated carbocycles. The van der Waals surface area contributed by atoms with Crippen LogP contribution in [0.15, 0.2) is 17.0 Å². The summed E-state index contributed by atoms with van der Waals surface area (Å²) in [5.41, 5.74) is 1.39. The van der Waals surface area contributed by atoms with E-state index in [1.807, 2.05) is 13.8 Å². The summed E-state index contributed by atoms with van der Waals surface area (Å²) in [6, 6.07) is 3.05. The Hall–Kier alpha value is -0.290.